The van der Waals surface area contributed by atoms with Gasteiger partial charge in [-0.05, 0) is 12.1 Å². The van der Waals surface area contributed by atoms with Crippen molar-refractivity contribution < 1.29 is 27.2 Å². The van der Waals surface area contributed by atoms with Crippen LogP contribution in [0.2, 0.25) is 0 Å². The first-order chi connectivity index (χ1) is 10.7. The highest BCUT2D eigenvalue weighted by atomic mass is 19.4. The Labute approximate surface area is 126 Å². The lowest BCUT2D eigenvalue weighted by Crippen LogP contribution is -2.44. The summed E-state index contributed by atoms with van der Waals surface area (Å²) in [5.74, 6) is -1.52. The molecule has 0 saturated carbocycles. The van der Waals surface area contributed by atoms with Crippen LogP contribution in [-0.4, -0.2) is 11.3 Å². The van der Waals surface area contributed by atoms with Gasteiger partial charge in [0.15, 0.2) is 0 Å². The van der Waals surface area contributed by atoms with Gasteiger partial charge >= 0.3 is 6.36 Å². The minimum atomic E-state index is -4.89. The second kappa shape index (κ2) is 5.60. The second-order valence-electron chi connectivity index (χ2n) is 4.39. The van der Waals surface area contributed by atoms with E-state index in [1.807, 2.05) is 0 Å². The van der Waals surface area contributed by atoms with Crippen molar-refractivity contribution in [2.75, 3.05) is 0 Å². The van der Waals surface area contributed by atoms with Crippen LogP contribution in [0.5, 0.6) is 5.75 Å². The van der Waals surface area contributed by atoms with Crippen molar-refractivity contribution in [1.82, 2.24) is 5.32 Å². The fourth-order valence-corrected chi connectivity index (χ4v) is 2.01. The van der Waals surface area contributed by atoms with E-state index >= 15 is 0 Å². The number of hydrogen-bond acceptors (Lipinski definition) is 5. The lowest BCUT2D eigenvalue weighted by molar-refractivity contribution is -0.435. The third kappa shape index (κ3) is 3.23. The number of nitriles is 1. The number of hydrogen-bond donors (Lipinski definition) is 1. The van der Waals surface area contributed by atoms with E-state index in [9.17, 15) is 32.9 Å². The largest absolute Gasteiger partial charge is 0.573 e. The number of allylic oxidation sites excluding steroid dienone is 2. The van der Waals surface area contributed by atoms with E-state index in [0.717, 1.165) is 30.5 Å². The van der Waals surface area contributed by atoms with Crippen LogP contribution in [0.3, 0.4) is 0 Å². The zero-order valence-corrected chi connectivity index (χ0v) is 11.1. The average Bonchev–Trinajstić information content (AvgIpc) is 2.47. The van der Waals surface area contributed by atoms with Crippen LogP contribution in [0.1, 0.15) is 5.56 Å². The summed E-state index contributed by atoms with van der Waals surface area (Å²) >= 11 is 0. The molecule has 0 bridgehead atoms. The molecule has 1 aromatic rings. The van der Waals surface area contributed by atoms with Gasteiger partial charge in [-0.2, -0.15) is 5.26 Å². The fourth-order valence-electron chi connectivity index (χ4n) is 2.01. The molecular formula is C13H7F4N3O3. The quantitative estimate of drug-likeness (QED) is 0.523. The minimum Gasteiger partial charge on any atom is -0.406 e. The van der Waals surface area contributed by atoms with Gasteiger partial charge in [0.25, 0.3) is 5.70 Å². The van der Waals surface area contributed by atoms with E-state index in [0.29, 0.717) is 6.08 Å². The number of benzene rings is 1. The first-order valence-electron chi connectivity index (χ1n) is 5.95. The van der Waals surface area contributed by atoms with Gasteiger partial charge in [-0.25, -0.2) is 4.39 Å². The van der Waals surface area contributed by atoms with Crippen LogP contribution in [0, 0.1) is 21.4 Å². The zero-order valence-electron chi connectivity index (χ0n) is 11.1. The molecule has 120 valence electrons. The molecule has 1 aliphatic heterocycles. The number of alkyl halides is 3. The predicted molar refractivity (Wildman–Crippen MR) is 67.8 cm³/mol. The van der Waals surface area contributed by atoms with Gasteiger partial charge in [0.1, 0.15) is 17.6 Å². The Balaban J connectivity index is 2.44. The Morgan fingerprint density at radius 1 is 1.30 bits per heavy atom. The number of halogens is 4. The Morgan fingerprint density at radius 2 is 1.91 bits per heavy atom. The maximum Gasteiger partial charge on any atom is 0.573 e. The molecule has 1 heterocycles. The van der Waals surface area contributed by atoms with Gasteiger partial charge in [-0.15, -0.1) is 13.2 Å². The van der Waals surface area contributed by atoms with Gasteiger partial charge < -0.3 is 10.1 Å². The standard InChI is InChI=1S/C13H7F4N3O3/c14-9-5-11(20(21)22)12(7-18,19-6-9)8-1-3-10(4-2-8)23-13(15,16)17/h1-6,19H. The molecule has 1 aromatic carbocycles. The monoisotopic (exact) mass is 329 g/mol. The normalized spacial score (nSPS) is 20.7. The number of nitrogens with one attached hydrogen (secondary N) is 1. The summed E-state index contributed by atoms with van der Waals surface area (Å²) < 4.78 is 53.2. The number of rotatable bonds is 3. The number of dihydropyridines is 1. The third-order valence-electron chi connectivity index (χ3n) is 2.97. The molecular weight excluding hydrogens is 322 g/mol. The average molecular weight is 329 g/mol. The number of nitrogens with zero attached hydrogens (tertiary/aromatic N) is 2. The molecule has 0 aliphatic carbocycles. The van der Waals surface area contributed by atoms with E-state index in [1.165, 1.54) is 0 Å². The first-order valence-corrected chi connectivity index (χ1v) is 5.95. The van der Waals surface area contributed by atoms with Crippen LogP contribution in [0.15, 0.2) is 48.1 Å². The molecule has 1 unspecified atom stereocenters. The first kappa shape index (κ1) is 16.3. The highest BCUT2D eigenvalue weighted by Gasteiger charge is 2.46. The van der Waals surface area contributed by atoms with Crippen LogP contribution in [0.4, 0.5) is 17.6 Å². The third-order valence-corrected chi connectivity index (χ3v) is 2.97. The van der Waals surface area contributed by atoms with Crippen molar-refractivity contribution in [3.63, 3.8) is 0 Å². The second-order valence-corrected chi connectivity index (χ2v) is 4.39. The topological polar surface area (TPSA) is 88.2 Å². The SMILES string of the molecule is N#CC1(c2ccc(OC(F)(F)F)cc2)NC=C(F)C=C1[N+](=O)[O-]. The molecule has 10 heteroatoms. The number of ether oxygens (including phenoxy) is 1. The lowest BCUT2D eigenvalue weighted by Gasteiger charge is -2.27. The molecule has 0 radical (unpaired) electrons. The maximum absolute atomic E-state index is 13.2. The van der Waals surface area contributed by atoms with Crippen molar-refractivity contribution in [2.24, 2.45) is 0 Å². The van der Waals surface area contributed by atoms with Crippen LogP contribution >= 0.6 is 0 Å². The molecule has 6 nitrogen and oxygen atoms in total. The predicted octanol–water partition coefficient (Wildman–Crippen LogP) is 2.88. The molecule has 1 N–H and O–H groups in total. The Morgan fingerprint density at radius 3 is 2.39 bits per heavy atom. The van der Waals surface area contributed by atoms with Gasteiger partial charge in [0, 0.05) is 11.8 Å². The summed E-state index contributed by atoms with van der Waals surface area (Å²) in [6.45, 7) is 0. The fraction of sp³-hybridized carbons (Fsp3) is 0.154. The summed E-state index contributed by atoms with van der Waals surface area (Å²) in [4.78, 5) is 10.1. The van der Waals surface area contributed by atoms with Crippen molar-refractivity contribution in [1.29, 1.82) is 5.26 Å². The van der Waals surface area contributed by atoms with Crippen molar-refractivity contribution in [3.05, 3.63) is 63.7 Å². The minimum absolute atomic E-state index is 0.0405. The Bertz CT molecular complexity index is 734. The molecule has 0 amide bonds. The molecule has 1 atom stereocenters. The van der Waals surface area contributed by atoms with Crippen LogP contribution in [-0.2, 0) is 5.54 Å². The molecule has 2 rings (SSSR count). The summed E-state index contributed by atoms with van der Waals surface area (Å²) in [5, 5.41) is 22.7. The molecule has 0 spiro atoms. The van der Waals surface area contributed by atoms with E-state index < -0.39 is 34.1 Å². The van der Waals surface area contributed by atoms with E-state index in [-0.39, 0.29) is 5.56 Å². The Hall–Kier alpha value is -3.09. The maximum atomic E-state index is 13.2. The highest BCUT2D eigenvalue weighted by molar-refractivity contribution is 5.46. The zero-order chi connectivity index (χ0) is 17.3. The van der Waals surface area contributed by atoms with E-state index in [4.69, 9.17) is 0 Å². The van der Waals surface area contributed by atoms with Crippen molar-refractivity contribution in [2.45, 2.75) is 11.9 Å². The molecule has 0 saturated heterocycles. The molecule has 1 aliphatic rings. The number of nitro groups is 1. The summed E-state index contributed by atoms with van der Waals surface area (Å²) in [6.07, 6.45) is -3.56. The summed E-state index contributed by atoms with van der Waals surface area (Å²) in [7, 11) is 0. The van der Waals surface area contributed by atoms with E-state index in [2.05, 4.69) is 10.1 Å². The highest BCUT2D eigenvalue weighted by Crippen LogP contribution is 2.34. The smallest absolute Gasteiger partial charge is 0.406 e. The van der Waals surface area contributed by atoms with Crippen LogP contribution in [0.25, 0.3) is 0 Å². The van der Waals surface area contributed by atoms with Crippen molar-refractivity contribution in [3.8, 4) is 11.8 Å². The van der Waals surface area contributed by atoms with Crippen molar-refractivity contribution >= 4 is 0 Å². The molecule has 0 fully saturated rings. The summed E-state index contributed by atoms with van der Waals surface area (Å²) in [6, 6.07) is 5.55. The van der Waals surface area contributed by atoms with Gasteiger partial charge in [0.05, 0.1) is 11.0 Å². The van der Waals surface area contributed by atoms with E-state index in [1.54, 1.807) is 6.07 Å². The molecule has 23 heavy (non-hydrogen) atoms. The lowest BCUT2D eigenvalue weighted by atomic mass is 9.86. The van der Waals surface area contributed by atoms with Crippen LogP contribution < -0.4 is 10.1 Å². The molecule has 0 aromatic heterocycles. The van der Waals surface area contributed by atoms with Gasteiger partial charge in [0.2, 0.25) is 5.54 Å². The van der Waals surface area contributed by atoms with Gasteiger partial charge in [-0.1, -0.05) is 12.1 Å². The Kier molecular flexibility index (Phi) is 3.97. The van der Waals surface area contributed by atoms with Gasteiger partial charge in [-0.3, -0.25) is 10.1 Å². The summed E-state index contributed by atoms with van der Waals surface area (Å²) in [5.41, 5.74) is -2.86.